The second kappa shape index (κ2) is 4.14. The highest BCUT2D eigenvalue weighted by Crippen LogP contribution is 2.27. The van der Waals surface area contributed by atoms with Crippen LogP contribution < -0.4 is 0 Å². The van der Waals surface area contributed by atoms with Crippen molar-refractivity contribution in [1.82, 2.24) is 0 Å². The molecule has 0 saturated heterocycles. The number of hydrogen-bond donors (Lipinski definition) is 1. The summed E-state index contributed by atoms with van der Waals surface area (Å²) in [5, 5.41) is 11.4. The number of esters is 1. The van der Waals surface area contributed by atoms with Gasteiger partial charge in [0.2, 0.25) is 0 Å². The summed E-state index contributed by atoms with van der Waals surface area (Å²) >= 11 is 3.34. The van der Waals surface area contributed by atoms with Crippen LogP contribution in [0.3, 0.4) is 0 Å². The van der Waals surface area contributed by atoms with Crippen molar-refractivity contribution in [2.24, 2.45) is 0 Å². The number of aromatic hydroxyl groups is 1. The van der Waals surface area contributed by atoms with Gasteiger partial charge >= 0.3 is 5.97 Å². The fourth-order valence-electron chi connectivity index (χ4n) is 1.53. The molecule has 16 heavy (non-hydrogen) atoms. The highest BCUT2D eigenvalue weighted by molar-refractivity contribution is 9.10. The quantitative estimate of drug-likeness (QED) is 0.817. The van der Waals surface area contributed by atoms with E-state index in [2.05, 4.69) is 20.7 Å². The van der Waals surface area contributed by atoms with Crippen molar-refractivity contribution in [2.45, 2.75) is 0 Å². The van der Waals surface area contributed by atoms with Crippen molar-refractivity contribution in [3.05, 3.63) is 40.4 Å². The van der Waals surface area contributed by atoms with Crippen LogP contribution in [0.2, 0.25) is 0 Å². The van der Waals surface area contributed by atoms with E-state index in [0.717, 1.165) is 15.2 Å². The van der Waals surface area contributed by atoms with E-state index in [0.29, 0.717) is 0 Å². The van der Waals surface area contributed by atoms with Gasteiger partial charge in [-0.2, -0.15) is 0 Å². The molecule has 3 nitrogen and oxygen atoms in total. The smallest absolute Gasteiger partial charge is 0.341 e. The number of methoxy groups -OCH3 is 1. The van der Waals surface area contributed by atoms with Gasteiger partial charge in [0.1, 0.15) is 11.3 Å². The molecule has 0 unspecified atom stereocenters. The monoisotopic (exact) mass is 280 g/mol. The van der Waals surface area contributed by atoms with Gasteiger partial charge in [0.15, 0.2) is 0 Å². The van der Waals surface area contributed by atoms with Gasteiger partial charge in [-0.3, -0.25) is 0 Å². The third-order valence-electron chi connectivity index (χ3n) is 2.32. The van der Waals surface area contributed by atoms with Crippen molar-refractivity contribution in [3.63, 3.8) is 0 Å². The van der Waals surface area contributed by atoms with Crippen molar-refractivity contribution < 1.29 is 14.6 Å². The zero-order chi connectivity index (χ0) is 11.7. The average molecular weight is 281 g/mol. The van der Waals surface area contributed by atoms with E-state index in [1.54, 1.807) is 12.1 Å². The van der Waals surface area contributed by atoms with Crippen LogP contribution in [0.5, 0.6) is 5.75 Å². The Bertz CT molecular complexity index is 563. The minimum atomic E-state index is -0.540. The second-order valence-electron chi connectivity index (χ2n) is 3.35. The van der Waals surface area contributed by atoms with Crippen molar-refractivity contribution in [2.75, 3.05) is 7.11 Å². The van der Waals surface area contributed by atoms with Gasteiger partial charge in [-0.15, -0.1) is 0 Å². The topological polar surface area (TPSA) is 46.5 Å². The van der Waals surface area contributed by atoms with Crippen LogP contribution in [0, 0.1) is 0 Å². The minimum Gasteiger partial charge on any atom is -0.507 e. The van der Waals surface area contributed by atoms with Crippen molar-refractivity contribution in [3.8, 4) is 5.75 Å². The van der Waals surface area contributed by atoms with Crippen LogP contribution in [0.25, 0.3) is 10.8 Å². The zero-order valence-electron chi connectivity index (χ0n) is 8.53. The molecule has 4 heteroatoms. The van der Waals surface area contributed by atoms with Crippen LogP contribution >= 0.6 is 15.9 Å². The summed E-state index contributed by atoms with van der Waals surface area (Å²) in [4.78, 5) is 11.4. The van der Waals surface area contributed by atoms with Gasteiger partial charge in [-0.1, -0.05) is 22.0 Å². The number of ether oxygens (including phenoxy) is 1. The summed E-state index contributed by atoms with van der Waals surface area (Å²) in [7, 11) is 1.29. The first-order chi connectivity index (χ1) is 7.61. The molecular weight excluding hydrogens is 272 g/mol. The fraction of sp³-hybridized carbons (Fsp3) is 0.0833. The largest absolute Gasteiger partial charge is 0.507 e. The number of carbonyl (C=O) groups is 1. The third-order valence-corrected chi connectivity index (χ3v) is 2.82. The summed E-state index contributed by atoms with van der Waals surface area (Å²) in [6, 6.07) is 8.77. The molecule has 0 bridgehead atoms. The molecule has 0 aliphatic rings. The lowest BCUT2D eigenvalue weighted by Crippen LogP contribution is -2.01. The van der Waals surface area contributed by atoms with Crippen LogP contribution in [0.1, 0.15) is 10.4 Å². The summed E-state index contributed by atoms with van der Waals surface area (Å²) < 4.78 is 5.50. The van der Waals surface area contributed by atoms with E-state index in [4.69, 9.17) is 0 Å². The maximum Gasteiger partial charge on any atom is 0.341 e. The van der Waals surface area contributed by atoms with Crippen LogP contribution in [0.15, 0.2) is 34.8 Å². The summed E-state index contributed by atoms with van der Waals surface area (Å²) in [5.74, 6) is -0.611. The number of phenolic OH excluding ortho intramolecular Hbond substituents is 1. The van der Waals surface area contributed by atoms with E-state index in [-0.39, 0.29) is 11.3 Å². The number of benzene rings is 2. The predicted molar refractivity (Wildman–Crippen MR) is 64.7 cm³/mol. The number of rotatable bonds is 1. The molecule has 0 heterocycles. The minimum absolute atomic E-state index is 0.0718. The molecular formula is C12H9BrO3. The van der Waals surface area contributed by atoms with E-state index in [1.807, 2.05) is 18.2 Å². The molecule has 2 aromatic carbocycles. The third kappa shape index (κ3) is 1.88. The van der Waals surface area contributed by atoms with E-state index in [1.165, 1.54) is 7.11 Å². The Kier molecular flexibility index (Phi) is 2.83. The fourth-order valence-corrected chi connectivity index (χ4v) is 1.91. The normalized spacial score (nSPS) is 10.4. The first-order valence-electron chi connectivity index (χ1n) is 4.62. The lowest BCUT2D eigenvalue weighted by molar-refractivity contribution is 0.0597. The van der Waals surface area contributed by atoms with Crippen LogP contribution in [-0.4, -0.2) is 18.2 Å². The van der Waals surface area contributed by atoms with E-state index < -0.39 is 5.97 Å². The standard InChI is InChI=1S/C12H9BrO3/c1-16-12(15)10-5-7-2-3-9(13)4-8(7)6-11(10)14/h2-6,14H,1H3. The Balaban J connectivity index is 2.67. The number of halogens is 1. The van der Waals surface area contributed by atoms with Crippen molar-refractivity contribution in [1.29, 1.82) is 0 Å². The Morgan fingerprint density at radius 1 is 1.25 bits per heavy atom. The summed E-state index contributed by atoms with van der Waals surface area (Å²) in [6.45, 7) is 0. The Hall–Kier alpha value is -1.55. The van der Waals surface area contributed by atoms with E-state index in [9.17, 15) is 9.90 Å². The molecule has 2 aromatic rings. The lowest BCUT2D eigenvalue weighted by atomic mass is 10.1. The summed E-state index contributed by atoms with van der Waals surface area (Å²) in [6.07, 6.45) is 0. The van der Waals surface area contributed by atoms with Gasteiger partial charge in [0, 0.05) is 4.47 Å². The first-order valence-corrected chi connectivity index (χ1v) is 5.41. The molecule has 0 fully saturated rings. The molecule has 0 aromatic heterocycles. The zero-order valence-corrected chi connectivity index (χ0v) is 10.1. The molecule has 0 radical (unpaired) electrons. The highest BCUT2D eigenvalue weighted by atomic mass is 79.9. The molecule has 0 saturated carbocycles. The van der Waals surface area contributed by atoms with Gasteiger partial charge in [0.05, 0.1) is 7.11 Å². The van der Waals surface area contributed by atoms with Crippen LogP contribution in [-0.2, 0) is 4.74 Å². The maximum absolute atomic E-state index is 11.4. The first kappa shape index (κ1) is 11.0. The van der Waals surface area contributed by atoms with Gasteiger partial charge in [0.25, 0.3) is 0 Å². The van der Waals surface area contributed by atoms with Gasteiger partial charge < -0.3 is 9.84 Å². The lowest BCUT2D eigenvalue weighted by Gasteiger charge is -2.05. The SMILES string of the molecule is COC(=O)c1cc2ccc(Br)cc2cc1O. The molecule has 0 aliphatic carbocycles. The average Bonchev–Trinajstić information content (AvgIpc) is 2.27. The van der Waals surface area contributed by atoms with Crippen LogP contribution in [0.4, 0.5) is 0 Å². The molecule has 0 atom stereocenters. The molecule has 82 valence electrons. The number of hydrogen-bond acceptors (Lipinski definition) is 3. The highest BCUT2D eigenvalue weighted by Gasteiger charge is 2.12. The van der Waals surface area contributed by atoms with Gasteiger partial charge in [-0.05, 0) is 35.0 Å². The number of fused-ring (bicyclic) bond motifs is 1. The molecule has 1 N–H and O–H groups in total. The maximum atomic E-state index is 11.4. The Morgan fingerprint density at radius 3 is 2.69 bits per heavy atom. The Labute approximate surface area is 101 Å². The molecule has 2 rings (SSSR count). The number of carbonyl (C=O) groups excluding carboxylic acids is 1. The molecule has 0 amide bonds. The molecule has 0 spiro atoms. The predicted octanol–water partition coefficient (Wildman–Crippen LogP) is 3.09. The van der Waals surface area contributed by atoms with Crippen molar-refractivity contribution >= 4 is 32.7 Å². The molecule has 0 aliphatic heterocycles. The second-order valence-corrected chi connectivity index (χ2v) is 4.27. The summed E-state index contributed by atoms with van der Waals surface area (Å²) in [5.41, 5.74) is 0.178. The number of phenols is 1. The Morgan fingerprint density at radius 2 is 2.00 bits per heavy atom. The van der Waals surface area contributed by atoms with Gasteiger partial charge in [-0.25, -0.2) is 4.79 Å². The van der Waals surface area contributed by atoms with E-state index >= 15 is 0 Å².